The normalized spacial score (nSPS) is 12.6. The highest BCUT2D eigenvalue weighted by Gasteiger charge is 2.22. The number of hydrogen-bond donors (Lipinski definition) is 0. The number of unbranched alkanes of at least 4 members (excludes halogenated alkanes) is 2. The van der Waals surface area contributed by atoms with E-state index in [1.165, 1.54) is 12.8 Å². The fraction of sp³-hybridized carbons (Fsp3) is 0.500. The number of aryl methyl sites for hydroxylation is 3. The van der Waals surface area contributed by atoms with Crippen molar-refractivity contribution in [1.82, 2.24) is 9.38 Å². The van der Waals surface area contributed by atoms with Gasteiger partial charge in [-0.3, -0.25) is 0 Å². The molecule has 0 radical (unpaired) electrons. The van der Waals surface area contributed by atoms with Gasteiger partial charge in [0.2, 0.25) is 0 Å². The van der Waals surface area contributed by atoms with E-state index >= 15 is 4.39 Å². The van der Waals surface area contributed by atoms with Crippen molar-refractivity contribution in [3.8, 4) is 11.3 Å². The molecule has 2 heterocycles. The van der Waals surface area contributed by atoms with Gasteiger partial charge in [0.1, 0.15) is 11.5 Å². The number of halogens is 1. The van der Waals surface area contributed by atoms with Crippen LogP contribution in [0, 0.1) is 26.6 Å². The Kier molecular flexibility index (Phi) is 7.65. The fourth-order valence-electron chi connectivity index (χ4n) is 4.17. The maximum absolute atomic E-state index is 15.1. The van der Waals surface area contributed by atoms with Gasteiger partial charge in [0.15, 0.2) is 0 Å². The van der Waals surface area contributed by atoms with Crippen molar-refractivity contribution in [3.05, 3.63) is 58.7 Å². The SMILES string of the molecule is CCCCCC(Cc1c(-c2c(C)cc(C)cc2F)nc2cc(C)ccn12)OCCC. The Hall–Kier alpha value is -2.20. The number of hydrogen-bond acceptors (Lipinski definition) is 2. The summed E-state index contributed by atoms with van der Waals surface area (Å²) in [6, 6.07) is 7.78. The number of nitrogens with zero attached hydrogens (tertiary/aromatic N) is 2. The first kappa shape index (κ1) is 22.5. The molecule has 0 aliphatic heterocycles. The summed E-state index contributed by atoms with van der Waals surface area (Å²) in [6.07, 6.45) is 8.46. The number of rotatable bonds is 10. The average Bonchev–Trinajstić information content (AvgIpc) is 3.02. The van der Waals surface area contributed by atoms with Crippen LogP contribution in [0.4, 0.5) is 4.39 Å². The van der Waals surface area contributed by atoms with E-state index in [9.17, 15) is 0 Å². The highest BCUT2D eigenvalue weighted by molar-refractivity contribution is 5.71. The van der Waals surface area contributed by atoms with Gasteiger partial charge in [0.05, 0.1) is 17.5 Å². The van der Waals surface area contributed by atoms with Crippen LogP contribution in [0.2, 0.25) is 0 Å². The molecule has 3 rings (SSSR count). The van der Waals surface area contributed by atoms with E-state index in [0.29, 0.717) is 5.56 Å². The number of aromatic nitrogens is 2. The van der Waals surface area contributed by atoms with Crippen LogP contribution in [0.3, 0.4) is 0 Å². The first-order valence-electron chi connectivity index (χ1n) is 11.3. The van der Waals surface area contributed by atoms with Crippen LogP contribution >= 0.6 is 0 Å². The molecule has 0 fully saturated rings. The molecule has 0 aliphatic carbocycles. The number of fused-ring (bicyclic) bond motifs is 1. The van der Waals surface area contributed by atoms with E-state index in [-0.39, 0.29) is 11.9 Å². The van der Waals surface area contributed by atoms with E-state index in [0.717, 1.165) is 66.0 Å². The Balaban J connectivity index is 2.08. The van der Waals surface area contributed by atoms with Crippen molar-refractivity contribution < 1.29 is 9.13 Å². The lowest BCUT2D eigenvalue weighted by Gasteiger charge is -2.19. The van der Waals surface area contributed by atoms with Crippen LogP contribution in [0.25, 0.3) is 16.9 Å². The molecule has 0 bridgehead atoms. The molecule has 0 amide bonds. The van der Waals surface area contributed by atoms with Crippen LogP contribution < -0.4 is 0 Å². The molecule has 0 N–H and O–H groups in total. The van der Waals surface area contributed by atoms with Gasteiger partial charge in [-0.1, -0.05) is 39.2 Å². The van der Waals surface area contributed by atoms with E-state index < -0.39 is 0 Å². The van der Waals surface area contributed by atoms with Gasteiger partial charge in [-0.2, -0.15) is 0 Å². The van der Waals surface area contributed by atoms with Crippen LogP contribution in [0.15, 0.2) is 30.5 Å². The van der Waals surface area contributed by atoms with Crippen molar-refractivity contribution in [2.75, 3.05) is 6.61 Å². The molecule has 0 spiro atoms. The predicted octanol–water partition coefficient (Wildman–Crippen LogP) is 6.98. The molecular formula is C26H35FN2O. The molecule has 0 saturated carbocycles. The Morgan fingerprint density at radius 3 is 2.53 bits per heavy atom. The number of ether oxygens (including phenoxy) is 1. The van der Waals surface area contributed by atoms with E-state index in [1.807, 2.05) is 19.9 Å². The largest absolute Gasteiger partial charge is 0.378 e. The quantitative estimate of drug-likeness (QED) is 0.337. The Morgan fingerprint density at radius 2 is 1.83 bits per heavy atom. The second-order valence-corrected chi connectivity index (χ2v) is 8.47. The summed E-state index contributed by atoms with van der Waals surface area (Å²) < 4.78 is 23.4. The molecule has 3 nitrogen and oxygen atoms in total. The summed E-state index contributed by atoms with van der Waals surface area (Å²) in [5, 5.41) is 0. The molecule has 162 valence electrons. The Bertz CT molecular complexity index is 969. The molecule has 4 heteroatoms. The van der Waals surface area contributed by atoms with E-state index in [1.54, 1.807) is 6.07 Å². The molecule has 1 aromatic carbocycles. The van der Waals surface area contributed by atoms with Gasteiger partial charge in [0, 0.05) is 24.8 Å². The molecule has 30 heavy (non-hydrogen) atoms. The first-order chi connectivity index (χ1) is 14.4. The fourth-order valence-corrected chi connectivity index (χ4v) is 4.17. The highest BCUT2D eigenvalue weighted by Crippen LogP contribution is 2.32. The lowest BCUT2D eigenvalue weighted by molar-refractivity contribution is 0.0458. The lowest BCUT2D eigenvalue weighted by Crippen LogP contribution is -2.18. The zero-order chi connectivity index (χ0) is 21.7. The predicted molar refractivity (Wildman–Crippen MR) is 123 cm³/mol. The van der Waals surface area contributed by atoms with Crippen molar-refractivity contribution in [1.29, 1.82) is 0 Å². The minimum atomic E-state index is -0.203. The van der Waals surface area contributed by atoms with E-state index in [2.05, 4.69) is 43.5 Å². The maximum Gasteiger partial charge on any atom is 0.137 e. The second-order valence-electron chi connectivity index (χ2n) is 8.47. The van der Waals surface area contributed by atoms with Crippen LogP contribution in [-0.4, -0.2) is 22.1 Å². The molecule has 2 aromatic heterocycles. The average molecular weight is 411 g/mol. The zero-order valence-corrected chi connectivity index (χ0v) is 19.1. The summed E-state index contributed by atoms with van der Waals surface area (Å²) in [6.45, 7) is 11.1. The first-order valence-corrected chi connectivity index (χ1v) is 11.3. The lowest BCUT2D eigenvalue weighted by atomic mass is 9.98. The molecule has 1 atom stereocenters. The molecule has 1 unspecified atom stereocenters. The van der Waals surface area contributed by atoms with Crippen LogP contribution in [-0.2, 0) is 11.2 Å². The third-order valence-corrected chi connectivity index (χ3v) is 5.66. The minimum absolute atomic E-state index is 0.116. The maximum atomic E-state index is 15.1. The number of pyridine rings is 1. The highest BCUT2D eigenvalue weighted by atomic mass is 19.1. The third-order valence-electron chi connectivity index (χ3n) is 5.66. The summed E-state index contributed by atoms with van der Waals surface area (Å²) in [7, 11) is 0. The van der Waals surface area contributed by atoms with E-state index in [4.69, 9.17) is 9.72 Å². The van der Waals surface area contributed by atoms with Gasteiger partial charge >= 0.3 is 0 Å². The van der Waals surface area contributed by atoms with Crippen molar-refractivity contribution >= 4 is 5.65 Å². The Labute approximate surface area is 180 Å². The van der Waals surface area contributed by atoms with Crippen molar-refractivity contribution in [2.24, 2.45) is 0 Å². The summed E-state index contributed by atoms with van der Waals surface area (Å²) >= 11 is 0. The monoisotopic (exact) mass is 410 g/mol. The smallest absolute Gasteiger partial charge is 0.137 e. The minimum Gasteiger partial charge on any atom is -0.378 e. The van der Waals surface area contributed by atoms with Gasteiger partial charge in [-0.05, 0) is 68.5 Å². The Morgan fingerprint density at radius 1 is 1.03 bits per heavy atom. The van der Waals surface area contributed by atoms with Gasteiger partial charge in [-0.15, -0.1) is 0 Å². The summed E-state index contributed by atoms with van der Waals surface area (Å²) in [5.41, 5.74) is 6.25. The van der Waals surface area contributed by atoms with Crippen molar-refractivity contribution in [3.63, 3.8) is 0 Å². The zero-order valence-electron chi connectivity index (χ0n) is 19.1. The molecule has 0 aliphatic rings. The molecule has 0 saturated heterocycles. The second kappa shape index (κ2) is 10.2. The summed E-state index contributed by atoms with van der Waals surface area (Å²) in [5.74, 6) is -0.203. The summed E-state index contributed by atoms with van der Waals surface area (Å²) in [4.78, 5) is 4.89. The molecular weight excluding hydrogens is 375 g/mol. The van der Waals surface area contributed by atoms with Crippen LogP contribution in [0.5, 0.6) is 0 Å². The van der Waals surface area contributed by atoms with Gasteiger partial charge < -0.3 is 9.14 Å². The van der Waals surface area contributed by atoms with Gasteiger partial charge in [0.25, 0.3) is 0 Å². The van der Waals surface area contributed by atoms with Crippen LogP contribution in [0.1, 0.15) is 68.3 Å². The number of imidazole rings is 1. The standard InChI is InChI=1S/C26H35FN2O/c1-6-8-9-10-21(30-13-7-2)17-23-26(25-20(5)14-19(4)15-22(25)27)28-24-16-18(3)11-12-29(23)24/h11-12,14-16,21H,6-10,13,17H2,1-5H3. The number of benzene rings is 1. The van der Waals surface area contributed by atoms with Crippen molar-refractivity contribution in [2.45, 2.75) is 79.2 Å². The molecule has 3 aromatic rings. The topological polar surface area (TPSA) is 26.5 Å². The third kappa shape index (κ3) is 5.10. The van der Waals surface area contributed by atoms with Gasteiger partial charge in [-0.25, -0.2) is 9.37 Å².